The first kappa shape index (κ1) is 21.4. The van der Waals surface area contributed by atoms with Crippen molar-refractivity contribution in [3.8, 4) is 11.5 Å². The summed E-state index contributed by atoms with van der Waals surface area (Å²) in [7, 11) is 3.36. The zero-order valence-electron chi connectivity index (χ0n) is 17.4. The van der Waals surface area contributed by atoms with Gasteiger partial charge in [0.1, 0.15) is 11.5 Å². The van der Waals surface area contributed by atoms with Gasteiger partial charge in [-0.3, -0.25) is 4.99 Å². The van der Waals surface area contributed by atoms with E-state index in [0.29, 0.717) is 5.41 Å². The molecular formula is C21H35N3O3. The number of rotatable bonds is 11. The van der Waals surface area contributed by atoms with Gasteiger partial charge in [-0.2, -0.15) is 0 Å². The smallest absolute Gasteiger partial charge is 0.191 e. The van der Waals surface area contributed by atoms with Crippen LogP contribution in [0.15, 0.2) is 23.2 Å². The first-order valence-electron chi connectivity index (χ1n) is 9.92. The van der Waals surface area contributed by atoms with E-state index in [-0.39, 0.29) is 6.04 Å². The number of methoxy groups -OCH3 is 2. The van der Waals surface area contributed by atoms with E-state index < -0.39 is 0 Å². The molecule has 2 N–H and O–H groups in total. The Hall–Kier alpha value is -1.95. The van der Waals surface area contributed by atoms with Gasteiger partial charge in [0.15, 0.2) is 5.96 Å². The van der Waals surface area contributed by atoms with E-state index in [1.807, 2.05) is 25.1 Å². The second-order valence-corrected chi connectivity index (χ2v) is 7.12. The van der Waals surface area contributed by atoms with Gasteiger partial charge in [-0.25, -0.2) is 0 Å². The summed E-state index contributed by atoms with van der Waals surface area (Å²) < 4.78 is 16.4. The Morgan fingerprint density at radius 2 is 2.00 bits per heavy atom. The van der Waals surface area contributed by atoms with Crippen molar-refractivity contribution in [3.05, 3.63) is 23.8 Å². The highest BCUT2D eigenvalue weighted by atomic mass is 16.5. The van der Waals surface area contributed by atoms with Crippen molar-refractivity contribution >= 4 is 5.96 Å². The number of aliphatic imine (C=N–C) groups is 1. The van der Waals surface area contributed by atoms with Gasteiger partial charge in [-0.05, 0) is 63.6 Å². The third-order valence-electron chi connectivity index (χ3n) is 5.11. The Morgan fingerprint density at radius 1 is 1.22 bits per heavy atom. The molecule has 0 aliphatic heterocycles. The van der Waals surface area contributed by atoms with E-state index in [1.54, 1.807) is 14.2 Å². The summed E-state index contributed by atoms with van der Waals surface area (Å²) in [4.78, 5) is 4.86. The van der Waals surface area contributed by atoms with Gasteiger partial charge in [0.25, 0.3) is 0 Å². The van der Waals surface area contributed by atoms with Gasteiger partial charge < -0.3 is 24.8 Å². The number of hydrogen-bond donors (Lipinski definition) is 2. The Bertz CT molecular complexity index is 615. The predicted molar refractivity (Wildman–Crippen MR) is 110 cm³/mol. The van der Waals surface area contributed by atoms with Crippen LogP contribution in [0.3, 0.4) is 0 Å². The molecular weight excluding hydrogens is 342 g/mol. The van der Waals surface area contributed by atoms with Gasteiger partial charge in [0.05, 0.1) is 20.3 Å². The van der Waals surface area contributed by atoms with Crippen molar-refractivity contribution in [3.63, 3.8) is 0 Å². The maximum atomic E-state index is 5.53. The molecule has 6 nitrogen and oxygen atoms in total. The van der Waals surface area contributed by atoms with Crippen LogP contribution in [0, 0.1) is 5.41 Å². The van der Waals surface area contributed by atoms with Crippen molar-refractivity contribution < 1.29 is 14.2 Å². The van der Waals surface area contributed by atoms with Crippen LogP contribution in [-0.4, -0.2) is 46.5 Å². The molecule has 0 spiro atoms. The number of nitrogens with zero attached hydrogens (tertiary/aromatic N) is 1. The maximum absolute atomic E-state index is 5.53. The number of guanidine groups is 1. The van der Waals surface area contributed by atoms with Gasteiger partial charge in [0.2, 0.25) is 0 Å². The van der Waals surface area contributed by atoms with Crippen LogP contribution in [0.25, 0.3) is 0 Å². The first-order chi connectivity index (χ1) is 13.1. The highest BCUT2D eigenvalue weighted by molar-refractivity contribution is 5.80. The largest absolute Gasteiger partial charge is 0.497 e. The van der Waals surface area contributed by atoms with Crippen molar-refractivity contribution in [1.29, 1.82) is 0 Å². The average Bonchev–Trinajstić information content (AvgIpc) is 3.46. The van der Waals surface area contributed by atoms with E-state index in [0.717, 1.165) is 55.7 Å². The number of nitrogens with one attached hydrogen (secondary N) is 2. The minimum atomic E-state index is 0.0337. The molecule has 1 aromatic carbocycles. The Kier molecular flexibility index (Phi) is 8.23. The summed E-state index contributed by atoms with van der Waals surface area (Å²) in [6, 6.07) is 5.88. The highest BCUT2D eigenvalue weighted by Crippen LogP contribution is 2.49. The quantitative estimate of drug-likeness (QED) is 0.351. The van der Waals surface area contributed by atoms with Gasteiger partial charge in [-0.1, -0.05) is 0 Å². The van der Waals surface area contributed by atoms with Crippen LogP contribution in [0.1, 0.15) is 51.6 Å². The Labute approximate surface area is 163 Å². The van der Waals surface area contributed by atoms with E-state index in [9.17, 15) is 0 Å². The number of hydrogen-bond acceptors (Lipinski definition) is 4. The summed E-state index contributed by atoms with van der Waals surface area (Å²) in [6.07, 6.45) is 3.56. The van der Waals surface area contributed by atoms with Crippen LogP contribution in [0.2, 0.25) is 0 Å². The van der Waals surface area contributed by atoms with Crippen LogP contribution in [-0.2, 0) is 4.74 Å². The molecule has 2 rings (SSSR count). The lowest BCUT2D eigenvalue weighted by Gasteiger charge is -2.21. The molecule has 27 heavy (non-hydrogen) atoms. The fraction of sp³-hybridized carbons (Fsp3) is 0.667. The predicted octanol–water partition coefficient (Wildman–Crippen LogP) is 3.53. The van der Waals surface area contributed by atoms with Gasteiger partial charge in [0, 0.05) is 31.9 Å². The first-order valence-corrected chi connectivity index (χ1v) is 9.92. The second kappa shape index (κ2) is 10.4. The lowest BCUT2D eigenvalue weighted by atomic mass is 10.0. The van der Waals surface area contributed by atoms with Crippen molar-refractivity contribution in [2.45, 2.75) is 46.1 Å². The van der Waals surface area contributed by atoms with Crippen LogP contribution in [0.4, 0.5) is 0 Å². The molecule has 1 atom stereocenters. The van der Waals surface area contributed by atoms with Crippen molar-refractivity contribution in [2.75, 3.05) is 40.5 Å². The Balaban J connectivity index is 2.04. The lowest BCUT2D eigenvalue weighted by molar-refractivity contribution is 0.129. The number of benzene rings is 1. The van der Waals surface area contributed by atoms with Crippen LogP contribution >= 0.6 is 0 Å². The summed E-state index contributed by atoms with van der Waals surface area (Å²) in [5.41, 5.74) is 1.37. The molecule has 0 aromatic heterocycles. The highest BCUT2D eigenvalue weighted by Gasteiger charge is 2.41. The lowest BCUT2D eigenvalue weighted by Crippen LogP contribution is -2.39. The molecule has 1 aromatic rings. The number of ether oxygens (including phenoxy) is 3. The van der Waals surface area contributed by atoms with Gasteiger partial charge >= 0.3 is 0 Å². The van der Waals surface area contributed by atoms with Crippen molar-refractivity contribution in [1.82, 2.24) is 10.6 Å². The molecule has 1 aliphatic carbocycles. The van der Waals surface area contributed by atoms with Crippen molar-refractivity contribution in [2.24, 2.45) is 10.4 Å². The monoisotopic (exact) mass is 377 g/mol. The molecule has 152 valence electrons. The molecule has 6 heteroatoms. The van der Waals surface area contributed by atoms with E-state index in [1.165, 1.54) is 12.8 Å². The molecule has 0 radical (unpaired) electrons. The second-order valence-electron chi connectivity index (χ2n) is 7.12. The van der Waals surface area contributed by atoms with Crippen LogP contribution < -0.4 is 20.1 Å². The zero-order chi connectivity index (χ0) is 19.7. The van der Waals surface area contributed by atoms with E-state index in [4.69, 9.17) is 19.2 Å². The average molecular weight is 378 g/mol. The zero-order valence-corrected chi connectivity index (χ0v) is 17.4. The van der Waals surface area contributed by atoms with E-state index in [2.05, 4.69) is 24.5 Å². The fourth-order valence-electron chi connectivity index (χ4n) is 3.12. The van der Waals surface area contributed by atoms with Gasteiger partial charge in [-0.15, -0.1) is 0 Å². The summed E-state index contributed by atoms with van der Waals surface area (Å²) in [6.45, 7) is 9.48. The van der Waals surface area contributed by atoms with Crippen LogP contribution in [0.5, 0.6) is 11.5 Å². The molecule has 1 fully saturated rings. The van der Waals surface area contributed by atoms with E-state index >= 15 is 0 Å². The molecule has 0 bridgehead atoms. The molecule has 1 saturated carbocycles. The molecule has 0 saturated heterocycles. The summed E-state index contributed by atoms with van der Waals surface area (Å²) in [5, 5.41) is 6.85. The molecule has 1 unspecified atom stereocenters. The normalized spacial score (nSPS) is 16.6. The third kappa shape index (κ3) is 6.31. The summed E-state index contributed by atoms with van der Waals surface area (Å²) >= 11 is 0. The topological polar surface area (TPSA) is 64.1 Å². The molecule has 0 heterocycles. The SMILES string of the molecule is CCNC(=NCC1(CCOCC)CC1)NC(C)c1cc(OC)ccc1OC. The standard InChI is InChI=1S/C21H35N3O3/c1-6-22-20(23-15-21(10-11-21)12-13-27-7-2)24-16(3)18-14-17(25-4)8-9-19(18)26-5/h8-9,14,16H,6-7,10-13,15H2,1-5H3,(H2,22,23,24). The minimum absolute atomic E-state index is 0.0337. The summed E-state index contributed by atoms with van der Waals surface area (Å²) in [5.74, 6) is 2.48. The fourth-order valence-corrected chi connectivity index (χ4v) is 3.12. The minimum Gasteiger partial charge on any atom is -0.497 e. The third-order valence-corrected chi connectivity index (χ3v) is 5.11. The molecule has 1 aliphatic rings. The maximum Gasteiger partial charge on any atom is 0.191 e. The molecule has 0 amide bonds. The Morgan fingerprint density at radius 3 is 2.59 bits per heavy atom.